The van der Waals surface area contributed by atoms with E-state index < -0.39 is 0 Å². The number of aryl methyl sites for hydroxylation is 1. The lowest BCUT2D eigenvalue weighted by molar-refractivity contribution is 0.135. The van der Waals surface area contributed by atoms with Crippen LogP contribution in [0.3, 0.4) is 0 Å². The Balaban J connectivity index is 1.42. The summed E-state index contributed by atoms with van der Waals surface area (Å²) in [6.45, 7) is 7.27. The molecular weight excluding hydrogens is 376 g/mol. The van der Waals surface area contributed by atoms with E-state index in [1.165, 1.54) is 18.4 Å². The van der Waals surface area contributed by atoms with Crippen LogP contribution in [0.4, 0.5) is 4.79 Å². The van der Waals surface area contributed by atoms with Gasteiger partial charge in [-0.15, -0.1) is 0 Å². The van der Waals surface area contributed by atoms with Crippen LogP contribution in [0.15, 0.2) is 36.7 Å². The molecule has 1 aliphatic heterocycles. The Morgan fingerprint density at radius 3 is 2.63 bits per heavy atom. The fourth-order valence-corrected chi connectivity index (χ4v) is 3.95. The Morgan fingerprint density at radius 2 is 1.93 bits per heavy atom. The Labute approximate surface area is 180 Å². The minimum atomic E-state index is -0.0253. The number of hydrogen-bond acceptors (Lipinski definition) is 4. The second kappa shape index (κ2) is 10.6. The zero-order valence-electron chi connectivity index (χ0n) is 18.8. The van der Waals surface area contributed by atoms with Crippen molar-refractivity contribution in [1.29, 1.82) is 0 Å². The van der Waals surface area contributed by atoms with Gasteiger partial charge in [0.2, 0.25) is 0 Å². The van der Waals surface area contributed by atoms with Crippen LogP contribution in [-0.4, -0.2) is 83.6 Å². The van der Waals surface area contributed by atoms with Crippen molar-refractivity contribution in [3.63, 3.8) is 0 Å². The van der Waals surface area contributed by atoms with Crippen LogP contribution >= 0.6 is 0 Å². The van der Waals surface area contributed by atoms with E-state index in [2.05, 4.69) is 57.0 Å². The first kappa shape index (κ1) is 22.3. The number of aromatic nitrogens is 2. The van der Waals surface area contributed by atoms with Crippen molar-refractivity contribution in [2.24, 2.45) is 0 Å². The van der Waals surface area contributed by atoms with Crippen molar-refractivity contribution in [2.75, 3.05) is 47.3 Å². The lowest BCUT2D eigenvalue weighted by atomic mass is 10.0. The summed E-state index contributed by atoms with van der Waals surface area (Å²) in [6, 6.07) is 8.95. The van der Waals surface area contributed by atoms with Crippen LogP contribution < -0.4 is 5.32 Å². The van der Waals surface area contributed by atoms with Crippen molar-refractivity contribution in [3.8, 4) is 0 Å². The molecule has 0 atom stereocenters. The minimum absolute atomic E-state index is 0.0253. The molecule has 0 spiro atoms. The van der Waals surface area contributed by atoms with E-state index in [9.17, 15) is 4.79 Å². The monoisotopic (exact) mass is 412 g/mol. The van der Waals surface area contributed by atoms with Gasteiger partial charge in [0.1, 0.15) is 5.82 Å². The molecule has 0 saturated carbocycles. The highest BCUT2D eigenvalue weighted by Gasteiger charge is 2.21. The first-order chi connectivity index (χ1) is 14.4. The Hall–Kier alpha value is -2.38. The lowest BCUT2D eigenvalue weighted by Gasteiger charge is -2.35. The zero-order valence-corrected chi connectivity index (χ0v) is 18.8. The number of likely N-dealkylation sites (N-methyl/N-ethyl adjacent to an activating group) is 2. The average molecular weight is 413 g/mol. The van der Waals surface area contributed by atoms with Crippen molar-refractivity contribution in [3.05, 3.63) is 53.6 Å². The second-order valence-electron chi connectivity index (χ2n) is 8.52. The molecule has 7 heteroatoms. The van der Waals surface area contributed by atoms with Crippen LogP contribution in [0, 0.1) is 6.92 Å². The summed E-state index contributed by atoms with van der Waals surface area (Å²) in [7, 11) is 6.23. The number of amides is 2. The zero-order chi connectivity index (χ0) is 21.5. The molecule has 1 aromatic carbocycles. The maximum atomic E-state index is 12.5. The minimum Gasteiger partial charge on any atom is -0.334 e. The number of imidazole rings is 1. The number of benzene rings is 1. The maximum Gasteiger partial charge on any atom is 0.317 e. The van der Waals surface area contributed by atoms with Gasteiger partial charge in [0.25, 0.3) is 0 Å². The standard InChI is InChI=1S/C23H36N6O/c1-19-24-10-13-29(19)18-21-7-5-6-20(16-21)17-25-23(30)28(4)15-14-27(3)22-8-11-26(2)12-9-22/h5-7,10,13,16,22H,8-9,11-12,14-15,17-18H2,1-4H3,(H,25,30). The molecule has 0 bridgehead atoms. The lowest BCUT2D eigenvalue weighted by Crippen LogP contribution is -2.46. The first-order valence-electron chi connectivity index (χ1n) is 10.9. The van der Waals surface area contributed by atoms with Crippen molar-refractivity contribution in [2.45, 2.75) is 38.9 Å². The van der Waals surface area contributed by atoms with E-state index >= 15 is 0 Å². The van der Waals surface area contributed by atoms with Gasteiger partial charge in [-0.05, 0) is 58.1 Å². The SMILES string of the molecule is Cc1nccn1Cc1cccc(CNC(=O)N(C)CCN(C)C2CCN(C)CC2)c1. The van der Waals surface area contributed by atoms with E-state index in [1.807, 2.05) is 32.4 Å². The van der Waals surface area contributed by atoms with E-state index in [4.69, 9.17) is 0 Å². The molecule has 2 aromatic rings. The van der Waals surface area contributed by atoms with Crippen LogP contribution in [0.5, 0.6) is 0 Å². The number of nitrogens with one attached hydrogen (secondary N) is 1. The van der Waals surface area contributed by atoms with E-state index in [-0.39, 0.29) is 6.03 Å². The Morgan fingerprint density at radius 1 is 1.20 bits per heavy atom. The average Bonchev–Trinajstić information content (AvgIpc) is 3.15. The number of carbonyl (C=O) groups excluding carboxylic acids is 1. The maximum absolute atomic E-state index is 12.5. The van der Waals surface area contributed by atoms with Gasteiger partial charge in [0.15, 0.2) is 0 Å². The molecule has 2 heterocycles. The summed E-state index contributed by atoms with van der Waals surface area (Å²) < 4.78 is 2.12. The Bertz CT molecular complexity index is 812. The molecule has 0 aliphatic carbocycles. The third kappa shape index (κ3) is 6.31. The van der Waals surface area contributed by atoms with Crippen LogP contribution in [0.1, 0.15) is 29.8 Å². The molecule has 1 fully saturated rings. The van der Waals surface area contributed by atoms with Crippen LogP contribution in [0.2, 0.25) is 0 Å². The van der Waals surface area contributed by atoms with Gasteiger partial charge in [-0.25, -0.2) is 9.78 Å². The summed E-state index contributed by atoms with van der Waals surface area (Å²) >= 11 is 0. The van der Waals surface area contributed by atoms with Crippen LogP contribution in [0.25, 0.3) is 0 Å². The number of nitrogens with zero attached hydrogens (tertiary/aromatic N) is 5. The first-order valence-corrected chi connectivity index (χ1v) is 10.9. The second-order valence-corrected chi connectivity index (χ2v) is 8.52. The highest BCUT2D eigenvalue weighted by atomic mass is 16.2. The number of carbonyl (C=O) groups is 1. The van der Waals surface area contributed by atoms with E-state index in [1.54, 1.807) is 4.90 Å². The predicted molar refractivity (Wildman–Crippen MR) is 121 cm³/mol. The van der Waals surface area contributed by atoms with Crippen LogP contribution in [-0.2, 0) is 13.1 Å². The third-order valence-electron chi connectivity index (χ3n) is 6.16. The molecular formula is C23H36N6O. The molecule has 1 aromatic heterocycles. The molecule has 164 valence electrons. The molecule has 0 radical (unpaired) electrons. The number of rotatable bonds is 8. The normalized spacial score (nSPS) is 15.5. The molecule has 2 amide bonds. The summed E-state index contributed by atoms with van der Waals surface area (Å²) in [6.07, 6.45) is 6.22. The predicted octanol–water partition coefficient (Wildman–Crippen LogP) is 2.41. The van der Waals surface area contributed by atoms with E-state index in [0.29, 0.717) is 12.6 Å². The smallest absolute Gasteiger partial charge is 0.317 e. The molecule has 1 N–H and O–H groups in total. The summed E-state index contributed by atoms with van der Waals surface area (Å²) in [5.41, 5.74) is 2.31. The quantitative estimate of drug-likeness (QED) is 0.723. The summed E-state index contributed by atoms with van der Waals surface area (Å²) in [5, 5.41) is 3.05. The molecule has 7 nitrogen and oxygen atoms in total. The highest BCUT2D eigenvalue weighted by molar-refractivity contribution is 5.73. The van der Waals surface area contributed by atoms with Gasteiger partial charge in [-0.3, -0.25) is 0 Å². The number of hydrogen-bond donors (Lipinski definition) is 1. The van der Waals surface area contributed by atoms with Gasteiger partial charge in [-0.2, -0.15) is 0 Å². The molecule has 0 unspecified atom stereocenters. The van der Waals surface area contributed by atoms with E-state index in [0.717, 1.165) is 44.1 Å². The van der Waals surface area contributed by atoms with Gasteiger partial charge in [0.05, 0.1) is 0 Å². The van der Waals surface area contributed by atoms with Gasteiger partial charge >= 0.3 is 6.03 Å². The molecule has 3 rings (SSSR count). The largest absolute Gasteiger partial charge is 0.334 e. The fraction of sp³-hybridized carbons (Fsp3) is 0.565. The Kier molecular flexibility index (Phi) is 7.87. The highest BCUT2D eigenvalue weighted by Crippen LogP contribution is 2.14. The van der Waals surface area contributed by atoms with Gasteiger partial charge < -0.3 is 24.6 Å². The molecule has 30 heavy (non-hydrogen) atoms. The van der Waals surface area contributed by atoms with Crippen molar-refractivity contribution in [1.82, 2.24) is 29.6 Å². The number of likely N-dealkylation sites (tertiary alicyclic amines) is 1. The summed E-state index contributed by atoms with van der Waals surface area (Å²) in [4.78, 5) is 23.4. The van der Waals surface area contributed by atoms with Gasteiger partial charge in [0, 0.05) is 51.7 Å². The fourth-order valence-electron chi connectivity index (χ4n) is 3.95. The third-order valence-corrected chi connectivity index (χ3v) is 6.16. The number of piperidine rings is 1. The van der Waals surface area contributed by atoms with Gasteiger partial charge in [-0.1, -0.05) is 24.3 Å². The van der Waals surface area contributed by atoms with Crippen molar-refractivity contribution < 1.29 is 4.79 Å². The van der Waals surface area contributed by atoms with Crippen molar-refractivity contribution >= 4 is 6.03 Å². The number of urea groups is 1. The topological polar surface area (TPSA) is 56.6 Å². The molecule has 1 aliphatic rings. The summed E-state index contributed by atoms with van der Waals surface area (Å²) in [5.74, 6) is 1.00. The molecule has 1 saturated heterocycles.